The predicted octanol–water partition coefficient (Wildman–Crippen LogP) is 9.40. The number of para-hydroxylation sites is 5. The molecule has 0 amide bonds. The first-order chi connectivity index (χ1) is 24.7. The maximum absolute atomic E-state index is 6.51. The van der Waals surface area contributed by atoms with E-state index in [0.717, 1.165) is 72.9 Å². The van der Waals surface area contributed by atoms with E-state index in [-0.39, 0.29) is 0 Å². The largest absolute Gasteiger partial charge is 0.459 e. The fourth-order valence-corrected chi connectivity index (χ4v) is 6.80. The molecule has 238 valence electrons. The van der Waals surface area contributed by atoms with Gasteiger partial charge in [0.25, 0.3) is 6.33 Å². The summed E-state index contributed by atoms with van der Waals surface area (Å²) >= 11 is 0. The summed E-state index contributed by atoms with van der Waals surface area (Å²) in [5.74, 6) is 1.48. The Balaban J connectivity index is 1.14. The fourth-order valence-electron chi connectivity index (χ4n) is 6.80. The zero-order chi connectivity index (χ0) is 33.4. The number of hydrogen-bond donors (Lipinski definition) is 0. The molecule has 5 nitrogen and oxygen atoms in total. The molecule has 0 N–H and O–H groups in total. The molecule has 7 aromatic carbocycles. The highest BCUT2D eigenvalue weighted by Crippen LogP contribution is 2.34. The van der Waals surface area contributed by atoms with Crippen LogP contribution in [0.4, 0.5) is 0 Å². The van der Waals surface area contributed by atoms with Crippen molar-refractivity contribution >= 4 is 22.1 Å². The second-order valence-corrected chi connectivity index (χ2v) is 12.3. The summed E-state index contributed by atoms with van der Waals surface area (Å²) in [6, 6.07) is 60.7. The molecule has 0 aliphatic rings. The lowest BCUT2D eigenvalue weighted by atomic mass is 9.95. The number of fused-ring (bicyclic) bond motifs is 2. The SMILES string of the molecule is C[n+]1[c-]n(-c2cccc(Oc3cccc(-n4[c-][n+](-c5c(-c6ccccc6)cccc5-c5ccccc5)c5ccccc54)c3)c2)c2ccccc21. The number of aryl methyl sites for hydroxylation is 1. The van der Waals surface area contributed by atoms with Gasteiger partial charge in [-0.2, -0.15) is 0 Å². The van der Waals surface area contributed by atoms with Gasteiger partial charge in [0.05, 0.1) is 46.2 Å². The molecule has 2 heterocycles. The lowest BCUT2D eigenvalue weighted by Gasteiger charge is -2.17. The average molecular weight is 645 g/mol. The first-order valence-corrected chi connectivity index (χ1v) is 16.7. The number of hydrogen-bond acceptors (Lipinski definition) is 1. The molecule has 0 bridgehead atoms. The van der Waals surface area contributed by atoms with Gasteiger partial charge in [-0.25, -0.2) is 0 Å². The summed E-state index contributed by atoms with van der Waals surface area (Å²) in [5, 5.41) is 0. The van der Waals surface area contributed by atoms with Crippen LogP contribution in [-0.4, -0.2) is 9.13 Å². The topological polar surface area (TPSA) is 26.8 Å². The van der Waals surface area contributed by atoms with Crippen molar-refractivity contribution in [1.29, 1.82) is 0 Å². The van der Waals surface area contributed by atoms with Crippen LogP contribution in [0.1, 0.15) is 0 Å². The minimum atomic E-state index is 0.735. The van der Waals surface area contributed by atoms with Crippen molar-refractivity contribution in [3.63, 3.8) is 0 Å². The second-order valence-electron chi connectivity index (χ2n) is 12.3. The summed E-state index contributed by atoms with van der Waals surface area (Å²) in [6.07, 6.45) is 7.17. The Labute approximate surface area is 290 Å². The molecule has 0 unspecified atom stereocenters. The van der Waals surface area contributed by atoms with Crippen molar-refractivity contribution in [1.82, 2.24) is 9.13 Å². The zero-order valence-corrected chi connectivity index (χ0v) is 27.4. The van der Waals surface area contributed by atoms with Gasteiger partial charge in [0.1, 0.15) is 11.5 Å². The molecule has 0 aliphatic heterocycles. The molecule has 9 aromatic rings. The molecule has 50 heavy (non-hydrogen) atoms. The monoisotopic (exact) mass is 644 g/mol. The summed E-state index contributed by atoms with van der Waals surface area (Å²) in [4.78, 5) is 0. The highest BCUT2D eigenvalue weighted by atomic mass is 16.5. The molecule has 2 aromatic heterocycles. The molecule has 0 spiro atoms. The maximum Gasteiger partial charge on any atom is 0.269 e. The van der Waals surface area contributed by atoms with Gasteiger partial charge in [0, 0.05) is 0 Å². The van der Waals surface area contributed by atoms with Crippen molar-refractivity contribution in [2.75, 3.05) is 0 Å². The minimum Gasteiger partial charge on any atom is -0.459 e. The fraction of sp³-hybridized carbons (Fsp3) is 0.0222. The molecular formula is C45H32N4O. The van der Waals surface area contributed by atoms with E-state index in [1.807, 2.05) is 54.1 Å². The lowest BCUT2D eigenvalue weighted by Crippen LogP contribution is -2.31. The van der Waals surface area contributed by atoms with Crippen LogP contribution >= 0.6 is 0 Å². The Hall–Kier alpha value is -6.72. The van der Waals surface area contributed by atoms with E-state index in [9.17, 15) is 0 Å². The number of rotatable bonds is 7. The first-order valence-electron chi connectivity index (χ1n) is 16.7. The van der Waals surface area contributed by atoms with Crippen LogP contribution in [0.2, 0.25) is 0 Å². The van der Waals surface area contributed by atoms with E-state index >= 15 is 0 Å². The van der Waals surface area contributed by atoms with Crippen molar-refractivity contribution in [2.24, 2.45) is 7.05 Å². The number of nitrogens with zero attached hydrogens (tertiary/aromatic N) is 4. The van der Waals surface area contributed by atoms with E-state index in [1.54, 1.807) is 0 Å². The number of imidazole rings is 2. The van der Waals surface area contributed by atoms with Crippen LogP contribution in [0.3, 0.4) is 0 Å². The quantitative estimate of drug-likeness (QED) is 0.125. The molecular weight excluding hydrogens is 613 g/mol. The first kappa shape index (κ1) is 29.4. The van der Waals surface area contributed by atoms with Crippen molar-refractivity contribution in [2.45, 2.75) is 0 Å². The van der Waals surface area contributed by atoms with Crippen molar-refractivity contribution in [3.8, 4) is 50.8 Å². The highest BCUT2D eigenvalue weighted by Gasteiger charge is 2.19. The third-order valence-electron chi connectivity index (χ3n) is 9.11. The van der Waals surface area contributed by atoms with Gasteiger partial charge in [0.15, 0.2) is 0 Å². The van der Waals surface area contributed by atoms with E-state index < -0.39 is 0 Å². The van der Waals surface area contributed by atoms with Crippen molar-refractivity contribution < 1.29 is 13.9 Å². The van der Waals surface area contributed by atoms with E-state index in [0.29, 0.717) is 0 Å². The number of ether oxygens (including phenoxy) is 1. The number of aromatic nitrogens is 4. The molecule has 0 aliphatic carbocycles. The standard InChI is InChI=1S/C45H32N4O/c1-46-31-47(42-26-9-8-25-41(42)46)35-19-12-21-37(29-35)50-38-22-13-20-36(30-38)48-32-49(44-28-11-10-27-43(44)48)45-39(33-15-4-2-5-16-33)23-14-24-40(45)34-17-6-3-7-18-34/h2-30H,1H3. The van der Waals surface area contributed by atoms with Crippen LogP contribution in [0, 0.1) is 12.7 Å². The van der Waals surface area contributed by atoms with Gasteiger partial charge in [-0.05, 0) is 52.6 Å². The van der Waals surface area contributed by atoms with Gasteiger partial charge in [-0.1, -0.05) is 146 Å². The Morgan fingerprint density at radius 1 is 0.460 bits per heavy atom. The Morgan fingerprint density at radius 2 is 0.940 bits per heavy atom. The molecule has 0 radical (unpaired) electrons. The van der Waals surface area contributed by atoms with Gasteiger partial charge in [-0.15, -0.1) is 0 Å². The Morgan fingerprint density at radius 3 is 1.54 bits per heavy atom. The van der Waals surface area contributed by atoms with Crippen LogP contribution in [-0.2, 0) is 7.05 Å². The summed E-state index contributed by atoms with van der Waals surface area (Å²) < 4.78 is 14.9. The third-order valence-corrected chi connectivity index (χ3v) is 9.11. The lowest BCUT2D eigenvalue weighted by molar-refractivity contribution is -0.649. The second kappa shape index (κ2) is 12.4. The van der Waals surface area contributed by atoms with Crippen LogP contribution in [0.25, 0.3) is 61.4 Å². The van der Waals surface area contributed by atoms with E-state index in [1.165, 1.54) is 0 Å². The molecule has 0 atom stereocenters. The molecule has 0 saturated heterocycles. The average Bonchev–Trinajstić information content (AvgIpc) is 3.73. The minimum absolute atomic E-state index is 0.735. The van der Waals surface area contributed by atoms with Gasteiger partial charge in [-0.3, -0.25) is 9.13 Å². The van der Waals surface area contributed by atoms with Crippen molar-refractivity contribution in [3.05, 3.63) is 189 Å². The summed E-state index contributed by atoms with van der Waals surface area (Å²) in [6.45, 7) is 0. The smallest absolute Gasteiger partial charge is 0.269 e. The Kier molecular flexibility index (Phi) is 7.29. The summed E-state index contributed by atoms with van der Waals surface area (Å²) in [7, 11) is 2.01. The molecule has 5 heteroatoms. The van der Waals surface area contributed by atoms with Gasteiger partial charge < -0.3 is 13.9 Å². The molecule has 9 rings (SSSR count). The molecule has 0 fully saturated rings. The Bertz CT molecular complexity index is 2580. The van der Waals surface area contributed by atoms with Crippen LogP contribution in [0.15, 0.2) is 176 Å². The van der Waals surface area contributed by atoms with E-state index in [2.05, 4.69) is 160 Å². The van der Waals surface area contributed by atoms with Gasteiger partial charge >= 0.3 is 0 Å². The summed E-state index contributed by atoms with van der Waals surface area (Å²) in [5.41, 5.74) is 11.9. The maximum atomic E-state index is 6.51. The van der Waals surface area contributed by atoms with Gasteiger partial charge in [0.2, 0.25) is 6.33 Å². The van der Waals surface area contributed by atoms with E-state index in [4.69, 9.17) is 4.74 Å². The zero-order valence-electron chi connectivity index (χ0n) is 27.4. The van der Waals surface area contributed by atoms with Crippen LogP contribution < -0.4 is 13.9 Å². The third kappa shape index (κ3) is 5.22. The molecule has 0 saturated carbocycles. The predicted molar refractivity (Wildman–Crippen MR) is 198 cm³/mol. The number of benzene rings is 7. The normalized spacial score (nSPS) is 11.3. The highest BCUT2D eigenvalue weighted by molar-refractivity contribution is 5.84. The van der Waals surface area contributed by atoms with Crippen LogP contribution in [0.5, 0.6) is 11.5 Å².